The smallest absolute Gasteiger partial charge is 0.0780 e. The summed E-state index contributed by atoms with van der Waals surface area (Å²) < 4.78 is 10.5. The molecule has 1 aromatic rings. The van der Waals surface area contributed by atoms with E-state index in [0.717, 1.165) is 19.7 Å². The van der Waals surface area contributed by atoms with Crippen molar-refractivity contribution >= 4 is 11.3 Å². The zero-order chi connectivity index (χ0) is 11.8. The number of nitrogens with one attached hydrogen (secondary N) is 1. The largest absolute Gasteiger partial charge is 0.382 e. The zero-order valence-corrected chi connectivity index (χ0v) is 11.1. The standard InChI is InChI=1S/C12H21NO2S/c1-10-4-7-16-12(10)8-13-5-6-15-11(2)9-14-3/h4,7,11,13H,5-6,8-9H2,1-3H3. The van der Waals surface area contributed by atoms with E-state index >= 15 is 0 Å². The average Bonchev–Trinajstić information content (AvgIpc) is 2.64. The maximum atomic E-state index is 5.55. The lowest BCUT2D eigenvalue weighted by Gasteiger charge is -2.12. The predicted molar refractivity (Wildman–Crippen MR) is 68.1 cm³/mol. The van der Waals surface area contributed by atoms with Gasteiger partial charge in [-0.25, -0.2) is 0 Å². The van der Waals surface area contributed by atoms with Gasteiger partial charge in [-0.2, -0.15) is 0 Å². The van der Waals surface area contributed by atoms with Crippen LogP contribution in [-0.2, 0) is 16.0 Å². The highest BCUT2D eigenvalue weighted by molar-refractivity contribution is 7.10. The van der Waals surface area contributed by atoms with Crippen molar-refractivity contribution < 1.29 is 9.47 Å². The molecule has 0 aliphatic rings. The van der Waals surface area contributed by atoms with Gasteiger partial charge >= 0.3 is 0 Å². The van der Waals surface area contributed by atoms with Crippen LogP contribution in [0.4, 0.5) is 0 Å². The number of ether oxygens (including phenoxy) is 2. The number of rotatable bonds is 8. The van der Waals surface area contributed by atoms with E-state index in [1.165, 1.54) is 10.4 Å². The molecule has 16 heavy (non-hydrogen) atoms. The molecule has 0 aliphatic carbocycles. The van der Waals surface area contributed by atoms with Crippen LogP contribution in [0.5, 0.6) is 0 Å². The van der Waals surface area contributed by atoms with E-state index in [2.05, 4.69) is 23.7 Å². The Morgan fingerprint density at radius 2 is 2.31 bits per heavy atom. The second-order valence-electron chi connectivity index (χ2n) is 3.84. The third kappa shape index (κ3) is 5.07. The Morgan fingerprint density at radius 3 is 2.94 bits per heavy atom. The van der Waals surface area contributed by atoms with Crippen LogP contribution in [0.25, 0.3) is 0 Å². The number of methoxy groups -OCH3 is 1. The first-order valence-electron chi connectivity index (χ1n) is 5.58. The quantitative estimate of drug-likeness (QED) is 0.710. The van der Waals surface area contributed by atoms with Gasteiger partial charge in [-0.15, -0.1) is 11.3 Å². The molecular weight excluding hydrogens is 222 g/mol. The lowest BCUT2D eigenvalue weighted by atomic mass is 10.3. The molecule has 92 valence electrons. The van der Waals surface area contributed by atoms with Crippen LogP contribution in [0, 0.1) is 6.92 Å². The molecule has 1 aromatic heterocycles. The van der Waals surface area contributed by atoms with Gasteiger partial charge in [0.15, 0.2) is 0 Å². The van der Waals surface area contributed by atoms with Crippen LogP contribution >= 0.6 is 11.3 Å². The van der Waals surface area contributed by atoms with Gasteiger partial charge < -0.3 is 14.8 Å². The Bertz CT molecular complexity index is 288. The minimum atomic E-state index is 0.176. The van der Waals surface area contributed by atoms with Crippen molar-refractivity contribution in [3.8, 4) is 0 Å². The molecule has 0 aromatic carbocycles. The summed E-state index contributed by atoms with van der Waals surface area (Å²) in [5, 5.41) is 5.50. The highest BCUT2D eigenvalue weighted by atomic mass is 32.1. The van der Waals surface area contributed by atoms with Crippen molar-refractivity contribution in [3.05, 3.63) is 21.9 Å². The number of aryl methyl sites for hydroxylation is 1. The fourth-order valence-electron chi connectivity index (χ4n) is 1.40. The minimum Gasteiger partial charge on any atom is -0.382 e. The van der Waals surface area contributed by atoms with E-state index in [-0.39, 0.29) is 6.10 Å². The molecular formula is C12H21NO2S. The number of hydrogen-bond acceptors (Lipinski definition) is 4. The van der Waals surface area contributed by atoms with Crippen LogP contribution < -0.4 is 5.32 Å². The second-order valence-corrected chi connectivity index (χ2v) is 4.84. The highest BCUT2D eigenvalue weighted by Gasteiger charge is 2.01. The van der Waals surface area contributed by atoms with Crippen LogP contribution in [-0.4, -0.2) is 33.0 Å². The summed E-state index contributed by atoms with van der Waals surface area (Å²) in [4.78, 5) is 1.41. The average molecular weight is 243 g/mol. The fraction of sp³-hybridized carbons (Fsp3) is 0.667. The lowest BCUT2D eigenvalue weighted by Crippen LogP contribution is -2.23. The van der Waals surface area contributed by atoms with Gasteiger partial charge in [0.05, 0.1) is 19.3 Å². The molecule has 0 radical (unpaired) electrons. The first-order valence-corrected chi connectivity index (χ1v) is 6.46. The number of thiophene rings is 1. The van der Waals surface area contributed by atoms with Crippen LogP contribution in [0.15, 0.2) is 11.4 Å². The van der Waals surface area contributed by atoms with Crippen molar-refractivity contribution in [2.45, 2.75) is 26.5 Å². The summed E-state index contributed by atoms with van der Waals surface area (Å²) in [7, 11) is 1.69. The molecule has 0 bridgehead atoms. The summed E-state index contributed by atoms with van der Waals surface area (Å²) in [6, 6.07) is 2.15. The van der Waals surface area contributed by atoms with Crippen molar-refractivity contribution in [2.75, 3.05) is 26.9 Å². The minimum absolute atomic E-state index is 0.176. The van der Waals surface area contributed by atoms with Gasteiger partial charge in [0.25, 0.3) is 0 Å². The Labute approximate surface area is 102 Å². The van der Waals surface area contributed by atoms with E-state index in [1.807, 2.05) is 6.92 Å². The molecule has 0 saturated heterocycles. The SMILES string of the molecule is COCC(C)OCCNCc1sccc1C. The lowest BCUT2D eigenvalue weighted by molar-refractivity contribution is 0.0107. The van der Waals surface area contributed by atoms with E-state index in [1.54, 1.807) is 18.4 Å². The third-order valence-electron chi connectivity index (χ3n) is 2.34. The van der Waals surface area contributed by atoms with Gasteiger partial charge in [-0.3, -0.25) is 0 Å². The maximum Gasteiger partial charge on any atom is 0.0780 e. The topological polar surface area (TPSA) is 30.5 Å². The van der Waals surface area contributed by atoms with Gasteiger partial charge in [0.2, 0.25) is 0 Å². The summed E-state index contributed by atoms with van der Waals surface area (Å²) >= 11 is 1.80. The van der Waals surface area contributed by atoms with E-state index < -0.39 is 0 Å². The Kier molecular flexibility index (Phi) is 6.64. The molecule has 0 spiro atoms. The fourth-order valence-corrected chi connectivity index (χ4v) is 2.28. The molecule has 4 heteroatoms. The van der Waals surface area contributed by atoms with Gasteiger partial charge in [-0.05, 0) is 30.9 Å². The van der Waals surface area contributed by atoms with Crippen molar-refractivity contribution in [1.29, 1.82) is 0 Å². The zero-order valence-electron chi connectivity index (χ0n) is 10.3. The Morgan fingerprint density at radius 1 is 1.50 bits per heavy atom. The molecule has 0 aliphatic heterocycles. The summed E-state index contributed by atoms with van der Waals surface area (Å²) in [5.74, 6) is 0. The summed E-state index contributed by atoms with van der Waals surface area (Å²) in [5.41, 5.74) is 1.37. The van der Waals surface area contributed by atoms with Gasteiger partial charge in [-0.1, -0.05) is 0 Å². The molecule has 0 saturated carbocycles. The maximum absolute atomic E-state index is 5.55. The molecule has 1 rings (SSSR count). The first-order chi connectivity index (χ1) is 7.74. The summed E-state index contributed by atoms with van der Waals surface area (Å²) in [6.07, 6.45) is 0.176. The van der Waals surface area contributed by atoms with Gasteiger partial charge in [0, 0.05) is 25.1 Å². The van der Waals surface area contributed by atoms with E-state index in [0.29, 0.717) is 6.61 Å². The predicted octanol–water partition coefficient (Wildman–Crippen LogP) is 2.20. The Hall–Kier alpha value is -0.420. The molecule has 0 amide bonds. The van der Waals surface area contributed by atoms with Gasteiger partial charge in [0.1, 0.15) is 0 Å². The second kappa shape index (κ2) is 7.79. The van der Waals surface area contributed by atoms with Crippen LogP contribution in [0.1, 0.15) is 17.4 Å². The monoisotopic (exact) mass is 243 g/mol. The van der Waals surface area contributed by atoms with E-state index in [9.17, 15) is 0 Å². The van der Waals surface area contributed by atoms with Crippen LogP contribution in [0.3, 0.4) is 0 Å². The van der Waals surface area contributed by atoms with E-state index in [4.69, 9.17) is 9.47 Å². The molecule has 1 unspecified atom stereocenters. The molecule has 1 atom stereocenters. The molecule has 3 nitrogen and oxygen atoms in total. The number of hydrogen-bond donors (Lipinski definition) is 1. The highest BCUT2D eigenvalue weighted by Crippen LogP contribution is 2.14. The molecule has 1 N–H and O–H groups in total. The normalized spacial score (nSPS) is 12.9. The van der Waals surface area contributed by atoms with Crippen molar-refractivity contribution in [2.24, 2.45) is 0 Å². The Balaban J connectivity index is 2.02. The van der Waals surface area contributed by atoms with Crippen molar-refractivity contribution in [3.63, 3.8) is 0 Å². The molecule has 1 heterocycles. The van der Waals surface area contributed by atoms with Crippen LogP contribution in [0.2, 0.25) is 0 Å². The summed E-state index contributed by atoms with van der Waals surface area (Å²) in [6.45, 7) is 7.37. The third-order valence-corrected chi connectivity index (χ3v) is 3.36. The molecule has 0 fully saturated rings. The van der Waals surface area contributed by atoms with Crippen molar-refractivity contribution in [1.82, 2.24) is 5.32 Å². The first kappa shape index (κ1) is 13.6.